The van der Waals surface area contributed by atoms with E-state index in [4.69, 9.17) is 5.11 Å². The summed E-state index contributed by atoms with van der Waals surface area (Å²) in [4.78, 5) is 30.9. The molecule has 114 valence electrons. The second-order valence-electron chi connectivity index (χ2n) is 3.52. The van der Waals surface area contributed by atoms with E-state index in [0.717, 1.165) is 0 Å². The number of aliphatic hydroxyl groups is 1. The number of carbonyl (C=O) groups is 3. The first kappa shape index (κ1) is 20.4. The number of aldehydes is 1. The monoisotopic (exact) mass is 286 g/mol. The molecule has 1 N–H and O–H groups in total. The van der Waals surface area contributed by atoms with E-state index in [1.807, 2.05) is 0 Å². The zero-order chi connectivity index (χ0) is 15.8. The predicted molar refractivity (Wildman–Crippen MR) is 73.9 cm³/mol. The van der Waals surface area contributed by atoms with E-state index < -0.39 is 12.1 Å². The molecule has 0 aromatic carbocycles. The lowest BCUT2D eigenvalue weighted by atomic mass is 10.3. The first-order valence-electron chi connectivity index (χ1n) is 6.19. The summed E-state index contributed by atoms with van der Waals surface area (Å²) in [6.45, 7) is 8.82. The van der Waals surface area contributed by atoms with Gasteiger partial charge in [0.15, 0.2) is 6.10 Å². The number of rotatable bonds is 9. The minimum Gasteiger partial charge on any atom is -0.461 e. The van der Waals surface area contributed by atoms with Gasteiger partial charge in [0.05, 0.1) is 6.42 Å². The highest BCUT2D eigenvalue weighted by Crippen LogP contribution is 1.93. The minimum atomic E-state index is -0.986. The fourth-order valence-corrected chi connectivity index (χ4v) is 0.805. The van der Waals surface area contributed by atoms with Gasteiger partial charge in [-0.15, -0.1) is 0 Å². The molecule has 0 spiro atoms. The Kier molecular flexibility index (Phi) is 15.4. The standard InChI is InChI=1S/C7H12O3.C7H10O3/c1-3-5-10-7(9)6(8)4-2;1-2-6-10-7(9)4-3-5-8/h3,6,8H,1,4-5H2,2H3;2,5H,1,3-4,6H2. The van der Waals surface area contributed by atoms with Gasteiger partial charge in [-0.05, 0) is 6.42 Å². The molecular weight excluding hydrogens is 264 g/mol. The summed E-state index contributed by atoms with van der Waals surface area (Å²) in [5.41, 5.74) is 0. The van der Waals surface area contributed by atoms with Crippen molar-refractivity contribution in [3.63, 3.8) is 0 Å². The Balaban J connectivity index is 0. The van der Waals surface area contributed by atoms with E-state index in [-0.39, 0.29) is 32.0 Å². The number of hydrogen-bond acceptors (Lipinski definition) is 6. The first-order chi connectivity index (χ1) is 9.53. The zero-order valence-electron chi connectivity index (χ0n) is 11.7. The summed E-state index contributed by atoms with van der Waals surface area (Å²) in [5.74, 6) is -0.936. The molecule has 0 radical (unpaired) electrons. The highest BCUT2D eigenvalue weighted by atomic mass is 16.5. The highest BCUT2D eigenvalue weighted by Gasteiger charge is 2.12. The molecule has 0 aliphatic carbocycles. The number of hydrogen-bond donors (Lipinski definition) is 1. The molecule has 0 aliphatic rings. The van der Waals surface area contributed by atoms with Crippen molar-refractivity contribution in [2.75, 3.05) is 13.2 Å². The average Bonchev–Trinajstić information content (AvgIpc) is 2.48. The van der Waals surface area contributed by atoms with E-state index in [2.05, 4.69) is 22.6 Å². The molecule has 1 unspecified atom stereocenters. The SMILES string of the molecule is C=CCOC(=O)C(O)CC.C=CCOC(=O)CCC=O. The van der Waals surface area contributed by atoms with E-state index in [1.165, 1.54) is 12.2 Å². The van der Waals surface area contributed by atoms with Crippen molar-refractivity contribution in [2.45, 2.75) is 32.3 Å². The molecule has 0 saturated carbocycles. The lowest BCUT2D eigenvalue weighted by Crippen LogP contribution is -2.21. The van der Waals surface area contributed by atoms with Crippen molar-refractivity contribution in [1.82, 2.24) is 0 Å². The van der Waals surface area contributed by atoms with E-state index in [0.29, 0.717) is 12.7 Å². The Morgan fingerprint density at radius 2 is 1.75 bits per heavy atom. The molecular formula is C14H22O6. The lowest BCUT2D eigenvalue weighted by Gasteiger charge is -2.05. The molecule has 1 atom stereocenters. The van der Waals surface area contributed by atoms with Crippen LogP contribution in [0.4, 0.5) is 0 Å². The largest absolute Gasteiger partial charge is 0.461 e. The molecule has 6 nitrogen and oxygen atoms in total. The normalized spacial score (nSPS) is 10.3. The summed E-state index contributed by atoms with van der Waals surface area (Å²) in [6, 6.07) is 0. The third kappa shape index (κ3) is 14.1. The average molecular weight is 286 g/mol. The van der Waals surface area contributed by atoms with Crippen molar-refractivity contribution < 1.29 is 29.0 Å². The Morgan fingerprint density at radius 3 is 2.20 bits per heavy atom. The minimum absolute atomic E-state index is 0.163. The topological polar surface area (TPSA) is 89.9 Å². The summed E-state index contributed by atoms with van der Waals surface area (Å²) in [5, 5.41) is 8.84. The van der Waals surface area contributed by atoms with Crippen molar-refractivity contribution in [3.8, 4) is 0 Å². The van der Waals surface area contributed by atoms with Gasteiger partial charge in [-0.2, -0.15) is 0 Å². The van der Waals surface area contributed by atoms with Crippen LogP contribution in [0.15, 0.2) is 25.3 Å². The van der Waals surface area contributed by atoms with Crippen LogP contribution in [0.25, 0.3) is 0 Å². The molecule has 0 bridgehead atoms. The number of aliphatic hydroxyl groups excluding tert-OH is 1. The Bertz CT molecular complexity index is 297. The first-order valence-corrected chi connectivity index (χ1v) is 6.19. The van der Waals surface area contributed by atoms with Gasteiger partial charge in [-0.3, -0.25) is 4.79 Å². The third-order valence-electron chi connectivity index (χ3n) is 1.83. The van der Waals surface area contributed by atoms with Crippen molar-refractivity contribution in [1.29, 1.82) is 0 Å². The van der Waals surface area contributed by atoms with Crippen molar-refractivity contribution in [3.05, 3.63) is 25.3 Å². The summed E-state index contributed by atoms with van der Waals surface area (Å²) in [7, 11) is 0. The maximum Gasteiger partial charge on any atom is 0.335 e. The Labute approximate surface area is 119 Å². The zero-order valence-corrected chi connectivity index (χ0v) is 11.7. The van der Waals surface area contributed by atoms with E-state index in [1.54, 1.807) is 6.92 Å². The van der Waals surface area contributed by atoms with Crippen LogP contribution in [0.3, 0.4) is 0 Å². The van der Waals surface area contributed by atoms with Crippen LogP contribution >= 0.6 is 0 Å². The van der Waals surface area contributed by atoms with Gasteiger partial charge < -0.3 is 19.4 Å². The smallest absolute Gasteiger partial charge is 0.335 e. The molecule has 0 rings (SSSR count). The number of carbonyl (C=O) groups excluding carboxylic acids is 3. The van der Waals surface area contributed by atoms with E-state index in [9.17, 15) is 14.4 Å². The predicted octanol–water partition coefficient (Wildman–Crippen LogP) is 1.18. The summed E-state index contributed by atoms with van der Waals surface area (Å²) >= 11 is 0. The molecule has 0 aromatic rings. The van der Waals surface area contributed by atoms with Crippen LogP contribution in [-0.4, -0.2) is 42.6 Å². The number of ether oxygens (including phenoxy) is 2. The maximum absolute atomic E-state index is 10.6. The molecule has 0 amide bonds. The second kappa shape index (κ2) is 15.1. The van der Waals surface area contributed by atoms with Gasteiger partial charge in [0.2, 0.25) is 0 Å². The Hall–Kier alpha value is -1.95. The highest BCUT2D eigenvalue weighted by molar-refractivity contribution is 5.74. The Morgan fingerprint density at radius 1 is 1.20 bits per heavy atom. The number of esters is 2. The van der Waals surface area contributed by atoms with Gasteiger partial charge >= 0.3 is 11.9 Å². The third-order valence-corrected chi connectivity index (χ3v) is 1.83. The van der Waals surface area contributed by atoms with Crippen molar-refractivity contribution in [2.24, 2.45) is 0 Å². The second-order valence-corrected chi connectivity index (χ2v) is 3.52. The maximum atomic E-state index is 10.6. The molecule has 0 saturated heterocycles. The lowest BCUT2D eigenvalue weighted by molar-refractivity contribution is -0.152. The van der Waals surface area contributed by atoms with Gasteiger partial charge in [0.1, 0.15) is 19.5 Å². The molecule has 0 aromatic heterocycles. The fourth-order valence-electron chi connectivity index (χ4n) is 0.805. The van der Waals surface area contributed by atoms with Crippen LogP contribution in [-0.2, 0) is 23.9 Å². The van der Waals surface area contributed by atoms with Gasteiger partial charge in [0, 0.05) is 6.42 Å². The van der Waals surface area contributed by atoms with Gasteiger partial charge in [-0.25, -0.2) is 4.79 Å². The molecule has 6 heteroatoms. The van der Waals surface area contributed by atoms with Crippen LogP contribution < -0.4 is 0 Å². The summed E-state index contributed by atoms with van der Waals surface area (Å²) < 4.78 is 9.11. The van der Waals surface area contributed by atoms with Gasteiger partial charge in [0.25, 0.3) is 0 Å². The molecule has 0 heterocycles. The van der Waals surface area contributed by atoms with Crippen LogP contribution in [0, 0.1) is 0 Å². The fraction of sp³-hybridized carbons (Fsp3) is 0.500. The van der Waals surface area contributed by atoms with Crippen molar-refractivity contribution >= 4 is 18.2 Å². The van der Waals surface area contributed by atoms with Gasteiger partial charge in [-0.1, -0.05) is 32.2 Å². The van der Waals surface area contributed by atoms with Crippen LogP contribution in [0.2, 0.25) is 0 Å². The molecule has 0 aliphatic heterocycles. The van der Waals surface area contributed by atoms with Crippen LogP contribution in [0.5, 0.6) is 0 Å². The van der Waals surface area contributed by atoms with E-state index >= 15 is 0 Å². The quantitative estimate of drug-likeness (QED) is 0.389. The molecule has 20 heavy (non-hydrogen) atoms. The summed E-state index contributed by atoms with van der Waals surface area (Å²) in [6.07, 6.45) is 3.43. The van der Waals surface area contributed by atoms with Crippen LogP contribution in [0.1, 0.15) is 26.2 Å². The molecule has 0 fully saturated rings.